The molecule has 2 aromatic rings. The van der Waals surface area contributed by atoms with Gasteiger partial charge in [-0.2, -0.15) is 10.4 Å². The molecular formula is C14H15ClN4. The maximum absolute atomic E-state index is 9.28. The minimum absolute atomic E-state index is 0.277. The van der Waals surface area contributed by atoms with Gasteiger partial charge in [0.15, 0.2) is 0 Å². The van der Waals surface area contributed by atoms with Gasteiger partial charge in [0, 0.05) is 28.5 Å². The second kappa shape index (κ2) is 5.77. The number of nitrogens with one attached hydrogen (secondary N) is 1. The van der Waals surface area contributed by atoms with E-state index in [1.54, 1.807) is 18.3 Å². The van der Waals surface area contributed by atoms with Gasteiger partial charge in [-0.1, -0.05) is 17.7 Å². The molecule has 0 saturated heterocycles. The molecule has 0 spiro atoms. The highest BCUT2D eigenvalue weighted by molar-refractivity contribution is 6.30. The zero-order chi connectivity index (χ0) is 13.8. The molecule has 1 aromatic carbocycles. The molecule has 2 rings (SSSR count). The minimum Gasteiger partial charge on any atom is -0.366 e. The number of benzene rings is 1. The molecule has 19 heavy (non-hydrogen) atoms. The fraction of sp³-hybridized carbons (Fsp3) is 0.286. The van der Waals surface area contributed by atoms with E-state index in [-0.39, 0.29) is 6.04 Å². The Kier molecular flexibility index (Phi) is 4.08. The van der Waals surface area contributed by atoms with Crippen LogP contribution in [0, 0.1) is 11.3 Å². The molecule has 0 radical (unpaired) electrons. The van der Waals surface area contributed by atoms with Gasteiger partial charge >= 0.3 is 0 Å². The van der Waals surface area contributed by atoms with Crippen LogP contribution in [0.5, 0.6) is 0 Å². The first kappa shape index (κ1) is 13.4. The van der Waals surface area contributed by atoms with Crippen LogP contribution in [-0.2, 0) is 0 Å². The SMILES string of the molecule is CC(C)n1cc(C(C#N)Nc2cccc(Cl)c2)cn1. The van der Waals surface area contributed by atoms with E-state index in [0.29, 0.717) is 5.02 Å². The quantitative estimate of drug-likeness (QED) is 0.923. The summed E-state index contributed by atoms with van der Waals surface area (Å²) in [5.74, 6) is 0. The number of halogens is 1. The Hall–Kier alpha value is -1.99. The third kappa shape index (κ3) is 3.27. The predicted octanol–water partition coefficient (Wildman–Crippen LogP) is 3.79. The maximum Gasteiger partial charge on any atom is 0.143 e. The summed E-state index contributed by atoms with van der Waals surface area (Å²) < 4.78 is 1.83. The molecule has 0 aliphatic carbocycles. The highest BCUT2D eigenvalue weighted by atomic mass is 35.5. The lowest BCUT2D eigenvalue weighted by molar-refractivity contribution is 0.532. The molecule has 0 bridgehead atoms. The van der Waals surface area contributed by atoms with E-state index >= 15 is 0 Å². The van der Waals surface area contributed by atoms with Gasteiger partial charge in [0.2, 0.25) is 0 Å². The number of aromatic nitrogens is 2. The largest absolute Gasteiger partial charge is 0.366 e. The summed E-state index contributed by atoms with van der Waals surface area (Å²) in [5.41, 5.74) is 1.66. The molecule has 0 aliphatic rings. The second-order valence-corrected chi connectivity index (χ2v) is 5.00. The highest BCUT2D eigenvalue weighted by Gasteiger charge is 2.13. The summed E-state index contributed by atoms with van der Waals surface area (Å²) in [7, 11) is 0. The van der Waals surface area contributed by atoms with Gasteiger partial charge in [-0.3, -0.25) is 4.68 Å². The first-order valence-electron chi connectivity index (χ1n) is 6.06. The van der Waals surface area contributed by atoms with E-state index in [4.69, 9.17) is 11.6 Å². The number of hydrogen-bond donors (Lipinski definition) is 1. The average molecular weight is 275 g/mol. The standard InChI is InChI=1S/C14H15ClN4/c1-10(2)19-9-11(8-17-19)14(7-16)18-13-5-3-4-12(15)6-13/h3-6,8-10,14,18H,1-2H3. The zero-order valence-corrected chi connectivity index (χ0v) is 11.6. The second-order valence-electron chi connectivity index (χ2n) is 4.56. The summed E-state index contributed by atoms with van der Waals surface area (Å²) >= 11 is 5.92. The van der Waals surface area contributed by atoms with Crippen molar-refractivity contribution in [3.8, 4) is 6.07 Å². The monoisotopic (exact) mass is 274 g/mol. The smallest absolute Gasteiger partial charge is 0.143 e. The molecule has 0 amide bonds. The van der Waals surface area contributed by atoms with Crippen molar-refractivity contribution >= 4 is 17.3 Å². The first-order valence-corrected chi connectivity index (χ1v) is 6.43. The van der Waals surface area contributed by atoms with E-state index in [9.17, 15) is 5.26 Å². The Bertz CT molecular complexity index is 597. The average Bonchev–Trinajstić information content (AvgIpc) is 2.85. The Morgan fingerprint density at radius 2 is 2.21 bits per heavy atom. The Balaban J connectivity index is 2.18. The Morgan fingerprint density at radius 1 is 1.42 bits per heavy atom. The highest BCUT2D eigenvalue weighted by Crippen LogP contribution is 2.22. The van der Waals surface area contributed by atoms with Crippen LogP contribution in [-0.4, -0.2) is 9.78 Å². The van der Waals surface area contributed by atoms with Crippen LogP contribution in [0.1, 0.15) is 31.5 Å². The molecular weight excluding hydrogens is 260 g/mol. The van der Waals surface area contributed by atoms with Gasteiger partial charge in [-0.25, -0.2) is 0 Å². The van der Waals surface area contributed by atoms with Crippen molar-refractivity contribution in [2.75, 3.05) is 5.32 Å². The zero-order valence-electron chi connectivity index (χ0n) is 10.8. The number of anilines is 1. The summed E-state index contributed by atoms with van der Waals surface area (Å²) in [5, 5.41) is 17.3. The molecule has 1 aromatic heterocycles. The van der Waals surface area contributed by atoms with Gasteiger partial charge in [0.05, 0.1) is 12.3 Å². The molecule has 5 heteroatoms. The molecule has 98 valence electrons. The molecule has 1 atom stereocenters. The van der Waals surface area contributed by atoms with Crippen molar-refractivity contribution in [3.05, 3.63) is 47.2 Å². The Morgan fingerprint density at radius 3 is 2.79 bits per heavy atom. The predicted molar refractivity (Wildman–Crippen MR) is 76.0 cm³/mol. The maximum atomic E-state index is 9.28. The van der Waals surface area contributed by atoms with Crippen molar-refractivity contribution in [2.45, 2.75) is 25.9 Å². The number of nitrogens with zero attached hydrogens (tertiary/aromatic N) is 3. The topological polar surface area (TPSA) is 53.6 Å². The molecule has 1 heterocycles. The van der Waals surface area contributed by atoms with Gasteiger partial charge < -0.3 is 5.32 Å². The summed E-state index contributed by atoms with van der Waals surface area (Å²) in [4.78, 5) is 0. The van der Waals surface area contributed by atoms with Crippen molar-refractivity contribution in [2.24, 2.45) is 0 Å². The van der Waals surface area contributed by atoms with Crippen LogP contribution in [0.15, 0.2) is 36.7 Å². The first-order chi connectivity index (χ1) is 9.10. The minimum atomic E-state index is -0.439. The van der Waals surface area contributed by atoms with E-state index in [0.717, 1.165) is 11.3 Å². The lowest BCUT2D eigenvalue weighted by Crippen LogP contribution is -2.08. The van der Waals surface area contributed by atoms with E-state index in [2.05, 4.69) is 16.5 Å². The lowest BCUT2D eigenvalue weighted by Gasteiger charge is -2.11. The molecule has 4 nitrogen and oxygen atoms in total. The van der Waals surface area contributed by atoms with Crippen LogP contribution in [0.4, 0.5) is 5.69 Å². The summed E-state index contributed by atoms with van der Waals surface area (Å²) in [6.07, 6.45) is 3.60. The lowest BCUT2D eigenvalue weighted by atomic mass is 10.1. The molecule has 0 fully saturated rings. The van der Waals surface area contributed by atoms with Gasteiger partial charge in [-0.05, 0) is 32.0 Å². The number of rotatable bonds is 4. The van der Waals surface area contributed by atoms with Gasteiger partial charge in [0.25, 0.3) is 0 Å². The van der Waals surface area contributed by atoms with Crippen molar-refractivity contribution in [1.29, 1.82) is 5.26 Å². The van der Waals surface area contributed by atoms with Gasteiger partial charge in [-0.15, -0.1) is 0 Å². The fourth-order valence-corrected chi connectivity index (χ4v) is 1.91. The number of nitriles is 1. The van der Waals surface area contributed by atoms with Crippen molar-refractivity contribution in [3.63, 3.8) is 0 Å². The summed E-state index contributed by atoms with van der Waals surface area (Å²) in [6.45, 7) is 4.09. The van der Waals surface area contributed by atoms with Crippen LogP contribution in [0.2, 0.25) is 5.02 Å². The van der Waals surface area contributed by atoms with Crippen LogP contribution in [0.3, 0.4) is 0 Å². The molecule has 1 unspecified atom stereocenters. The van der Waals surface area contributed by atoms with E-state index < -0.39 is 6.04 Å². The number of hydrogen-bond acceptors (Lipinski definition) is 3. The van der Waals surface area contributed by atoms with Crippen molar-refractivity contribution in [1.82, 2.24) is 9.78 Å². The van der Waals surface area contributed by atoms with Gasteiger partial charge in [0.1, 0.15) is 6.04 Å². The third-order valence-corrected chi connectivity index (χ3v) is 2.98. The Labute approximate surface area is 117 Å². The van der Waals surface area contributed by atoms with E-state index in [1.165, 1.54) is 0 Å². The normalized spacial score (nSPS) is 12.2. The van der Waals surface area contributed by atoms with Crippen molar-refractivity contribution < 1.29 is 0 Å². The molecule has 0 saturated carbocycles. The van der Waals surface area contributed by atoms with Crippen LogP contribution in [0.25, 0.3) is 0 Å². The summed E-state index contributed by atoms with van der Waals surface area (Å²) in [6, 6.07) is 9.38. The third-order valence-electron chi connectivity index (χ3n) is 2.75. The molecule has 0 aliphatic heterocycles. The fourth-order valence-electron chi connectivity index (χ4n) is 1.72. The van der Waals surface area contributed by atoms with Crippen LogP contribution < -0.4 is 5.32 Å². The van der Waals surface area contributed by atoms with E-state index in [1.807, 2.05) is 36.9 Å². The van der Waals surface area contributed by atoms with Crippen LogP contribution >= 0.6 is 11.6 Å². The molecule has 1 N–H and O–H groups in total.